The van der Waals surface area contributed by atoms with E-state index in [0.717, 1.165) is 61.8 Å². The van der Waals surface area contributed by atoms with Crippen LogP contribution in [0.5, 0.6) is 0 Å². The van der Waals surface area contributed by atoms with Gasteiger partial charge in [-0.2, -0.15) is 10.2 Å². The van der Waals surface area contributed by atoms with Gasteiger partial charge in [0.2, 0.25) is 0 Å². The van der Waals surface area contributed by atoms with Gasteiger partial charge < -0.3 is 10.7 Å². The smallest absolute Gasteiger partial charge is 0.178 e. The third kappa shape index (κ3) is 5.57. The first-order valence-corrected chi connectivity index (χ1v) is 10.1. The first-order valence-electron chi connectivity index (χ1n) is 10.1. The highest BCUT2D eigenvalue weighted by molar-refractivity contribution is 6.02. The van der Waals surface area contributed by atoms with Gasteiger partial charge in [0.1, 0.15) is 0 Å². The molecule has 8 heteroatoms. The van der Waals surface area contributed by atoms with E-state index < -0.39 is 0 Å². The van der Waals surface area contributed by atoms with Crippen molar-refractivity contribution in [2.24, 2.45) is 22.1 Å². The molecule has 1 aliphatic heterocycles. The van der Waals surface area contributed by atoms with Gasteiger partial charge in [-0.3, -0.25) is 10.3 Å². The molecular formula is C21H30N8. The maximum Gasteiger partial charge on any atom is 0.178 e. The van der Waals surface area contributed by atoms with Crippen LogP contribution in [0.1, 0.15) is 36.4 Å². The summed E-state index contributed by atoms with van der Waals surface area (Å²) in [6.45, 7) is 10.8. The summed E-state index contributed by atoms with van der Waals surface area (Å²) >= 11 is 0. The van der Waals surface area contributed by atoms with Gasteiger partial charge in [-0.05, 0) is 49.1 Å². The van der Waals surface area contributed by atoms with Gasteiger partial charge in [-0.25, -0.2) is 0 Å². The fourth-order valence-corrected chi connectivity index (χ4v) is 3.64. The molecule has 0 spiro atoms. The number of piperazine rings is 1. The van der Waals surface area contributed by atoms with Crippen LogP contribution < -0.4 is 10.7 Å². The number of benzene rings is 1. The van der Waals surface area contributed by atoms with Crippen molar-refractivity contribution in [3.8, 4) is 0 Å². The minimum absolute atomic E-state index is 0.0935. The molecule has 1 aromatic carbocycles. The van der Waals surface area contributed by atoms with E-state index in [0.29, 0.717) is 5.92 Å². The number of rotatable bonds is 6. The molecule has 0 atom stereocenters. The van der Waals surface area contributed by atoms with E-state index >= 15 is 0 Å². The van der Waals surface area contributed by atoms with Crippen molar-refractivity contribution >= 4 is 11.5 Å². The van der Waals surface area contributed by atoms with Crippen LogP contribution in [0.25, 0.3) is 0 Å². The predicted molar refractivity (Wildman–Crippen MR) is 115 cm³/mol. The molecule has 0 amide bonds. The largest absolute Gasteiger partial charge is 0.368 e. The standard InChI is InChI=1S/C21H30N8/c1-15(2)12-17-5-7-19(21(22)26-27-23)20(13-17)29-10-8-28(9-11-29)14-18-6-4-16(3)24-25-18/h4-7,13,15H,8-12,14H2,1-3H3,(H3,22,23,26). The van der Waals surface area contributed by atoms with Gasteiger partial charge in [0.05, 0.1) is 11.4 Å². The average Bonchev–Trinajstić information content (AvgIpc) is 2.70. The van der Waals surface area contributed by atoms with Crippen LogP contribution in [0.3, 0.4) is 0 Å². The second-order valence-corrected chi connectivity index (χ2v) is 7.94. The van der Waals surface area contributed by atoms with Gasteiger partial charge in [-0.1, -0.05) is 25.1 Å². The number of aryl methyl sites for hydroxylation is 1. The first kappa shape index (κ1) is 20.9. The van der Waals surface area contributed by atoms with Crippen molar-refractivity contribution in [2.45, 2.75) is 33.7 Å². The molecule has 0 bridgehead atoms. The Kier molecular flexibility index (Phi) is 6.87. The van der Waals surface area contributed by atoms with Gasteiger partial charge in [0.25, 0.3) is 0 Å². The summed E-state index contributed by atoms with van der Waals surface area (Å²) in [6.07, 6.45) is 1.01. The Labute approximate surface area is 172 Å². The molecule has 1 aromatic heterocycles. The van der Waals surface area contributed by atoms with Crippen molar-refractivity contribution in [3.05, 3.63) is 52.8 Å². The summed E-state index contributed by atoms with van der Waals surface area (Å²) in [5, 5.41) is 23.7. The zero-order valence-corrected chi connectivity index (χ0v) is 17.5. The normalized spacial score (nSPS) is 15.4. The Bertz CT molecular complexity index is 851. The van der Waals surface area contributed by atoms with E-state index in [4.69, 9.17) is 11.3 Å². The van der Waals surface area contributed by atoms with E-state index in [1.807, 2.05) is 25.1 Å². The Hall–Kier alpha value is -2.87. The van der Waals surface area contributed by atoms with E-state index in [-0.39, 0.29) is 5.84 Å². The lowest BCUT2D eigenvalue weighted by atomic mass is 9.99. The SMILES string of the molecule is Cc1ccc(CN2CCN(c3cc(CC(C)C)ccc3C(=N)N=NN)CC2)nn1. The number of hydrogen-bond acceptors (Lipinski definition) is 6. The highest BCUT2D eigenvalue weighted by Crippen LogP contribution is 2.26. The number of nitrogens with two attached hydrogens (primary N) is 1. The molecule has 0 radical (unpaired) electrons. The Morgan fingerprint density at radius 3 is 2.52 bits per heavy atom. The van der Waals surface area contributed by atoms with E-state index in [2.05, 4.69) is 56.3 Å². The quantitative estimate of drug-likeness (QED) is 0.257. The molecule has 3 N–H and O–H groups in total. The number of nitrogens with zero attached hydrogens (tertiary/aromatic N) is 6. The van der Waals surface area contributed by atoms with Crippen molar-refractivity contribution in [1.29, 1.82) is 5.41 Å². The highest BCUT2D eigenvalue weighted by Gasteiger charge is 2.21. The number of hydrogen-bond donors (Lipinski definition) is 2. The maximum absolute atomic E-state index is 8.21. The zero-order chi connectivity index (χ0) is 20.8. The van der Waals surface area contributed by atoms with Crippen molar-refractivity contribution in [2.75, 3.05) is 31.1 Å². The Morgan fingerprint density at radius 1 is 1.14 bits per heavy atom. The van der Waals surface area contributed by atoms with Crippen molar-refractivity contribution in [3.63, 3.8) is 0 Å². The van der Waals surface area contributed by atoms with Crippen LogP contribution in [0.4, 0.5) is 5.69 Å². The van der Waals surface area contributed by atoms with Crippen LogP contribution in [-0.2, 0) is 13.0 Å². The number of nitrogens with one attached hydrogen (secondary N) is 1. The fourth-order valence-electron chi connectivity index (χ4n) is 3.64. The highest BCUT2D eigenvalue weighted by atomic mass is 15.3. The number of amidine groups is 1. The topological polar surface area (TPSA) is 107 Å². The molecule has 0 unspecified atom stereocenters. The number of aromatic nitrogens is 2. The van der Waals surface area contributed by atoms with Crippen LogP contribution in [0, 0.1) is 18.3 Å². The molecule has 8 nitrogen and oxygen atoms in total. The monoisotopic (exact) mass is 394 g/mol. The lowest BCUT2D eigenvalue weighted by Crippen LogP contribution is -2.46. The molecule has 1 fully saturated rings. The van der Waals surface area contributed by atoms with Gasteiger partial charge >= 0.3 is 0 Å². The van der Waals surface area contributed by atoms with Crippen LogP contribution >= 0.6 is 0 Å². The van der Waals surface area contributed by atoms with Gasteiger partial charge in [0, 0.05) is 44.0 Å². The molecule has 1 saturated heterocycles. The first-order chi connectivity index (χ1) is 14.0. The summed E-state index contributed by atoms with van der Waals surface area (Å²) in [5.41, 5.74) is 5.01. The number of anilines is 1. The average molecular weight is 395 g/mol. The summed E-state index contributed by atoms with van der Waals surface area (Å²) in [5.74, 6) is 5.85. The van der Waals surface area contributed by atoms with Crippen LogP contribution in [0.2, 0.25) is 0 Å². The summed E-state index contributed by atoms with van der Waals surface area (Å²) in [4.78, 5) is 4.72. The molecule has 154 valence electrons. The summed E-state index contributed by atoms with van der Waals surface area (Å²) in [7, 11) is 0. The zero-order valence-electron chi connectivity index (χ0n) is 17.5. The lowest BCUT2D eigenvalue weighted by Gasteiger charge is -2.37. The molecule has 1 aliphatic rings. The van der Waals surface area contributed by atoms with Gasteiger partial charge in [0.15, 0.2) is 5.84 Å². The van der Waals surface area contributed by atoms with E-state index in [1.165, 1.54) is 5.56 Å². The Morgan fingerprint density at radius 2 is 1.90 bits per heavy atom. The third-order valence-corrected chi connectivity index (χ3v) is 5.07. The molecular weight excluding hydrogens is 364 g/mol. The molecule has 0 aliphatic carbocycles. The fraction of sp³-hybridized carbons (Fsp3) is 0.476. The minimum atomic E-state index is 0.0935. The van der Waals surface area contributed by atoms with E-state index in [9.17, 15) is 0 Å². The summed E-state index contributed by atoms with van der Waals surface area (Å²) in [6, 6.07) is 10.3. The van der Waals surface area contributed by atoms with Crippen molar-refractivity contribution < 1.29 is 0 Å². The van der Waals surface area contributed by atoms with Crippen LogP contribution in [0.15, 0.2) is 40.7 Å². The molecule has 2 heterocycles. The van der Waals surface area contributed by atoms with E-state index in [1.54, 1.807) is 0 Å². The minimum Gasteiger partial charge on any atom is -0.368 e. The molecule has 0 saturated carbocycles. The lowest BCUT2D eigenvalue weighted by molar-refractivity contribution is 0.246. The van der Waals surface area contributed by atoms with Gasteiger partial charge in [-0.15, -0.1) is 5.11 Å². The Balaban J connectivity index is 1.73. The van der Waals surface area contributed by atoms with Crippen molar-refractivity contribution in [1.82, 2.24) is 15.1 Å². The second-order valence-electron chi connectivity index (χ2n) is 7.94. The predicted octanol–water partition coefficient (Wildman–Crippen LogP) is 2.96. The summed E-state index contributed by atoms with van der Waals surface area (Å²) < 4.78 is 0. The molecule has 29 heavy (non-hydrogen) atoms. The van der Waals surface area contributed by atoms with Crippen LogP contribution in [-0.4, -0.2) is 47.1 Å². The molecule has 3 rings (SSSR count). The maximum atomic E-state index is 8.21. The molecule has 2 aromatic rings. The third-order valence-electron chi connectivity index (χ3n) is 5.07. The second kappa shape index (κ2) is 9.56.